The lowest BCUT2D eigenvalue weighted by Gasteiger charge is -2.15. The van der Waals surface area contributed by atoms with Crippen molar-refractivity contribution in [3.8, 4) is 17.2 Å². The van der Waals surface area contributed by atoms with Crippen LogP contribution < -0.4 is 19.9 Å². The summed E-state index contributed by atoms with van der Waals surface area (Å²) in [5.41, 5.74) is 4.45. The van der Waals surface area contributed by atoms with Gasteiger partial charge >= 0.3 is 5.97 Å². The van der Waals surface area contributed by atoms with Crippen LogP contribution in [0.5, 0.6) is 17.2 Å². The number of ether oxygens (including phenoxy) is 3. The molecule has 0 bridgehead atoms. The average Bonchev–Trinajstić information content (AvgIpc) is 2.46. The fraction of sp³-hybridized carbons (Fsp3) is 0.462. The van der Waals surface area contributed by atoms with Crippen molar-refractivity contribution in [1.82, 2.24) is 0 Å². The molecule has 0 amide bonds. The second-order valence-electron chi connectivity index (χ2n) is 4.06. The maximum atomic E-state index is 10.7. The minimum absolute atomic E-state index is 0.424. The van der Waals surface area contributed by atoms with E-state index in [1.165, 1.54) is 11.8 Å². The van der Waals surface area contributed by atoms with E-state index in [1.807, 2.05) is 0 Å². The molecule has 6 nitrogen and oxygen atoms in total. The fourth-order valence-corrected chi connectivity index (χ4v) is 2.63. The third-order valence-corrected chi connectivity index (χ3v) is 3.86. The molecule has 0 saturated carbocycles. The van der Waals surface area contributed by atoms with Crippen molar-refractivity contribution in [3.05, 3.63) is 17.7 Å². The molecule has 0 spiro atoms. The first-order chi connectivity index (χ1) is 9.53. The van der Waals surface area contributed by atoms with E-state index in [9.17, 15) is 4.79 Å². The van der Waals surface area contributed by atoms with Crippen molar-refractivity contribution in [1.29, 1.82) is 0 Å². The van der Waals surface area contributed by atoms with E-state index >= 15 is 0 Å². The lowest BCUT2D eigenvalue weighted by molar-refractivity contribution is -0.400. The van der Waals surface area contributed by atoms with Crippen LogP contribution in [-0.4, -0.2) is 44.2 Å². The van der Waals surface area contributed by atoms with Crippen molar-refractivity contribution in [2.75, 3.05) is 27.1 Å². The van der Waals surface area contributed by atoms with Crippen molar-refractivity contribution in [3.63, 3.8) is 0 Å². The maximum absolute atomic E-state index is 10.7. The Kier molecular flexibility index (Phi) is 6.47. The third kappa shape index (κ3) is 4.21. The summed E-state index contributed by atoms with van der Waals surface area (Å²) in [5, 5.41) is 8.81. The summed E-state index contributed by atoms with van der Waals surface area (Å²) >= 11 is 1.47. The molecule has 1 atom stereocenters. The highest BCUT2D eigenvalue weighted by Crippen LogP contribution is 2.36. The van der Waals surface area contributed by atoms with Crippen LogP contribution in [0.15, 0.2) is 12.1 Å². The van der Waals surface area contributed by atoms with E-state index in [1.54, 1.807) is 33.5 Å². The third-order valence-electron chi connectivity index (χ3n) is 2.73. The SMILES string of the molecule is COc1cc(OC)c(CSC[C@H]([NH3+])C(=O)O)c(OC)c1. The first-order valence-corrected chi connectivity index (χ1v) is 7.11. The van der Waals surface area contributed by atoms with Crippen LogP contribution in [0.2, 0.25) is 0 Å². The normalized spacial score (nSPS) is 11.8. The summed E-state index contributed by atoms with van der Waals surface area (Å²) in [5.74, 6) is 2.07. The molecule has 0 aliphatic heterocycles. The van der Waals surface area contributed by atoms with Crippen molar-refractivity contribution in [2.45, 2.75) is 11.8 Å². The summed E-state index contributed by atoms with van der Waals surface area (Å²) in [6.07, 6.45) is 0. The average molecular weight is 302 g/mol. The minimum atomic E-state index is -0.897. The molecule has 0 aliphatic rings. The van der Waals surface area contributed by atoms with Crippen molar-refractivity contribution in [2.24, 2.45) is 0 Å². The second kappa shape index (κ2) is 7.86. The van der Waals surface area contributed by atoms with Crippen LogP contribution in [0.25, 0.3) is 0 Å². The molecule has 1 aromatic rings. The standard InChI is InChI=1S/C13H19NO5S/c1-17-8-4-11(18-2)9(12(5-8)19-3)6-20-7-10(14)13(15)16/h4-5,10H,6-7,14H2,1-3H3,(H,15,16)/p+1/t10-/m0/s1. The number of aliphatic carboxylic acids is 1. The largest absolute Gasteiger partial charge is 0.496 e. The summed E-state index contributed by atoms with van der Waals surface area (Å²) in [6, 6.07) is 2.92. The summed E-state index contributed by atoms with van der Waals surface area (Å²) in [6.45, 7) is 0. The molecule has 0 unspecified atom stereocenters. The van der Waals surface area contributed by atoms with Gasteiger partial charge in [-0.2, -0.15) is 11.8 Å². The number of carboxylic acids is 1. The lowest BCUT2D eigenvalue weighted by Crippen LogP contribution is -2.66. The topological polar surface area (TPSA) is 92.6 Å². The molecule has 4 N–H and O–H groups in total. The number of benzene rings is 1. The van der Waals surface area contributed by atoms with E-state index in [2.05, 4.69) is 5.73 Å². The van der Waals surface area contributed by atoms with Gasteiger partial charge in [-0.05, 0) is 0 Å². The van der Waals surface area contributed by atoms with Gasteiger partial charge in [0, 0.05) is 23.4 Å². The quantitative estimate of drug-likeness (QED) is 0.732. The van der Waals surface area contributed by atoms with Gasteiger partial charge in [0.1, 0.15) is 17.2 Å². The molecule has 0 radical (unpaired) electrons. The molecule has 0 fully saturated rings. The molecular formula is C13H20NO5S+. The van der Waals surface area contributed by atoms with Gasteiger partial charge in [-0.1, -0.05) is 0 Å². The monoisotopic (exact) mass is 302 g/mol. The highest BCUT2D eigenvalue weighted by atomic mass is 32.2. The molecule has 0 heterocycles. The molecule has 20 heavy (non-hydrogen) atoms. The van der Waals surface area contributed by atoms with Crippen LogP contribution in [0.4, 0.5) is 0 Å². The molecule has 0 aliphatic carbocycles. The number of carbonyl (C=O) groups is 1. The summed E-state index contributed by atoms with van der Waals surface area (Å²) < 4.78 is 15.8. The van der Waals surface area contributed by atoms with Gasteiger partial charge in [0.25, 0.3) is 0 Å². The Morgan fingerprint density at radius 3 is 2.20 bits per heavy atom. The first-order valence-electron chi connectivity index (χ1n) is 5.96. The van der Waals surface area contributed by atoms with Gasteiger partial charge in [0.15, 0.2) is 6.04 Å². The van der Waals surface area contributed by atoms with E-state index in [-0.39, 0.29) is 0 Å². The number of quaternary nitrogens is 1. The molecule has 112 valence electrons. The predicted octanol–water partition coefficient (Wildman–Crippen LogP) is 0.641. The van der Waals surface area contributed by atoms with Crippen LogP contribution in [-0.2, 0) is 10.5 Å². The van der Waals surface area contributed by atoms with E-state index in [0.717, 1.165) is 5.56 Å². The number of rotatable bonds is 8. The Bertz CT molecular complexity index is 441. The highest BCUT2D eigenvalue weighted by molar-refractivity contribution is 7.98. The van der Waals surface area contributed by atoms with Crippen LogP contribution in [0.3, 0.4) is 0 Å². The highest BCUT2D eigenvalue weighted by Gasteiger charge is 2.18. The Labute approximate surface area is 122 Å². The molecular weight excluding hydrogens is 282 g/mol. The predicted molar refractivity (Wildman–Crippen MR) is 76.6 cm³/mol. The lowest BCUT2D eigenvalue weighted by atomic mass is 10.2. The van der Waals surface area contributed by atoms with E-state index < -0.39 is 12.0 Å². The fourth-order valence-electron chi connectivity index (χ4n) is 1.59. The van der Waals surface area contributed by atoms with Gasteiger partial charge in [-0.25, -0.2) is 4.79 Å². The minimum Gasteiger partial charge on any atom is -0.496 e. The van der Waals surface area contributed by atoms with E-state index in [0.29, 0.717) is 28.8 Å². The number of thioether (sulfide) groups is 1. The van der Waals surface area contributed by atoms with Crippen molar-refractivity contribution < 1.29 is 29.8 Å². The maximum Gasteiger partial charge on any atom is 0.363 e. The number of methoxy groups -OCH3 is 3. The zero-order chi connectivity index (χ0) is 15.1. The Balaban J connectivity index is 2.84. The molecule has 0 saturated heterocycles. The van der Waals surface area contributed by atoms with Gasteiger partial charge in [0.05, 0.1) is 27.1 Å². The number of hydrogen-bond acceptors (Lipinski definition) is 5. The number of carboxylic acid groups (broad SMARTS) is 1. The zero-order valence-electron chi connectivity index (χ0n) is 11.8. The van der Waals surface area contributed by atoms with Gasteiger partial charge in [0.2, 0.25) is 0 Å². The Morgan fingerprint density at radius 1 is 1.25 bits per heavy atom. The summed E-state index contributed by atoms with van der Waals surface area (Å²) in [7, 11) is 4.72. The Hall–Kier alpha value is -1.60. The van der Waals surface area contributed by atoms with Crippen LogP contribution in [0, 0.1) is 0 Å². The van der Waals surface area contributed by atoms with E-state index in [4.69, 9.17) is 19.3 Å². The Morgan fingerprint density at radius 2 is 1.80 bits per heavy atom. The van der Waals surface area contributed by atoms with Crippen molar-refractivity contribution >= 4 is 17.7 Å². The molecule has 1 rings (SSSR count). The van der Waals surface area contributed by atoms with Crippen LogP contribution in [0.1, 0.15) is 5.56 Å². The van der Waals surface area contributed by atoms with Gasteiger partial charge < -0.3 is 25.1 Å². The van der Waals surface area contributed by atoms with Gasteiger partial charge in [-0.15, -0.1) is 0 Å². The zero-order valence-corrected chi connectivity index (χ0v) is 12.7. The van der Waals surface area contributed by atoms with Crippen LogP contribution >= 0.6 is 11.8 Å². The van der Waals surface area contributed by atoms with Gasteiger partial charge in [-0.3, -0.25) is 0 Å². The molecule has 0 aromatic heterocycles. The molecule has 1 aromatic carbocycles. The summed E-state index contributed by atoms with van der Waals surface area (Å²) in [4.78, 5) is 10.7. The number of hydrogen-bond donors (Lipinski definition) is 2. The molecule has 7 heteroatoms. The smallest absolute Gasteiger partial charge is 0.363 e. The first kappa shape index (κ1) is 16.5. The second-order valence-corrected chi connectivity index (χ2v) is 5.09.